The number of phenols is 1. The van der Waals surface area contributed by atoms with Crippen LogP contribution < -0.4 is 5.32 Å². The number of carbonyl (C=O) groups is 1. The molecule has 0 radical (unpaired) electrons. The van der Waals surface area contributed by atoms with Crippen LogP contribution in [-0.4, -0.2) is 17.2 Å². The van der Waals surface area contributed by atoms with Gasteiger partial charge in [-0.2, -0.15) is 0 Å². The predicted octanol–water partition coefficient (Wildman–Crippen LogP) is 4.69. The highest BCUT2D eigenvalue weighted by Crippen LogP contribution is 2.22. The van der Waals surface area contributed by atoms with Crippen molar-refractivity contribution in [3.05, 3.63) is 89.5 Å². The summed E-state index contributed by atoms with van der Waals surface area (Å²) in [5, 5.41) is 12.8. The molecule has 3 rings (SSSR count). The molecule has 2 N–H and O–H groups in total. The predicted molar refractivity (Wildman–Crippen MR) is 105 cm³/mol. The van der Waals surface area contributed by atoms with Gasteiger partial charge in [-0.1, -0.05) is 42.5 Å². The number of benzene rings is 3. The Labute approximate surface area is 152 Å². The van der Waals surface area contributed by atoms with E-state index in [4.69, 9.17) is 0 Å². The molecule has 0 heterocycles. The number of aliphatic imine (C=N–C) groups is 1. The lowest BCUT2D eigenvalue weighted by Gasteiger charge is -2.06. The second-order valence-electron chi connectivity index (χ2n) is 6.05. The Bertz CT molecular complexity index is 934. The number of anilines is 1. The fourth-order valence-electron chi connectivity index (χ4n) is 2.66. The minimum Gasteiger partial charge on any atom is -0.507 e. The Morgan fingerprint density at radius 3 is 2.58 bits per heavy atom. The Morgan fingerprint density at radius 2 is 1.81 bits per heavy atom. The van der Waals surface area contributed by atoms with Crippen LogP contribution in [0.1, 0.15) is 23.6 Å². The fraction of sp³-hybridized carbons (Fsp3) is 0.0909. The van der Waals surface area contributed by atoms with Gasteiger partial charge in [0.25, 0.3) is 0 Å². The number of nitrogens with zero attached hydrogens (tertiary/aromatic N) is 1. The van der Waals surface area contributed by atoms with E-state index in [1.165, 1.54) is 12.5 Å². The van der Waals surface area contributed by atoms with Crippen LogP contribution in [0.15, 0.2) is 77.8 Å². The number of phenolic OH excluding ortho intramolecular Hbond substituents is 1. The molecule has 4 heteroatoms. The Kier molecular flexibility index (Phi) is 5.44. The Hall–Kier alpha value is -3.40. The van der Waals surface area contributed by atoms with Crippen molar-refractivity contribution in [1.29, 1.82) is 0 Å². The maximum atomic E-state index is 11.2. The maximum absolute atomic E-state index is 11.2. The largest absolute Gasteiger partial charge is 0.507 e. The van der Waals surface area contributed by atoms with Crippen molar-refractivity contribution in [3.63, 3.8) is 0 Å². The summed E-state index contributed by atoms with van der Waals surface area (Å²) in [5.74, 6) is 0.0564. The zero-order valence-corrected chi connectivity index (χ0v) is 14.5. The molecule has 0 fully saturated rings. The molecule has 0 saturated heterocycles. The van der Waals surface area contributed by atoms with Crippen molar-refractivity contribution >= 4 is 23.5 Å². The molecule has 3 aromatic carbocycles. The average molecular weight is 344 g/mol. The average Bonchev–Trinajstić information content (AvgIpc) is 2.63. The smallest absolute Gasteiger partial charge is 0.221 e. The highest BCUT2D eigenvalue weighted by molar-refractivity contribution is 5.90. The van der Waals surface area contributed by atoms with Gasteiger partial charge in [-0.3, -0.25) is 9.79 Å². The molecule has 0 spiro atoms. The van der Waals surface area contributed by atoms with Gasteiger partial charge in [0.1, 0.15) is 5.75 Å². The van der Waals surface area contributed by atoms with Crippen LogP contribution in [0.25, 0.3) is 0 Å². The summed E-state index contributed by atoms with van der Waals surface area (Å²) in [5.41, 5.74) is 4.35. The summed E-state index contributed by atoms with van der Waals surface area (Å²) in [4.78, 5) is 15.6. The third kappa shape index (κ3) is 4.80. The maximum Gasteiger partial charge on any atom is 0.221 e. The molecule has 0 unspecified atom stereocenters. The van der Waals surface area contributed by atoms with Gasteiger partial charge in [-0.25, -0.2) is 0 Å². The van der Waals surface area contributed by atoms with Crippen molar-refractivity contribution in [2.45, 2.75) is 13.3 Å². The molecule has 26 heavy (non-hydrogen) atoms. The molecule has 0 aliphatic rings. The Morgan fingerprint density at radius 1 is 1.00 bits per heavy atom. The van der Waals surface area contributed by atoms with E-state index in [9.17, 15) is 9.90 Å². The standard InChI is InChI=1S/C22H20N2O2/c1-16(25)24-21-9-5-8-20(14-21)23-15-19-13-18(10-11-22(19)26)12-17-6-3-2-4-7-17/h2-11,13-15,26H,12H2,1H3,(H,24,25). The minimum atomic E-state index is -0.127. The van der Waals surface area contributed by atoms with Crippen molar-refractivity contribution < 1.29 is 9.90 Å². The SMILES string of the molecule is CC(=O)Nc1cccc(N=Cc2cc(Cc3ccccc3)ccc2O)c1. The lowest BCUT2D eigenvalue weighted by atomic mass is 10.0. The van der Waals surface area contributed by atoms with Crippen molar-refractivity contribution in [3.8, 4) is 5.75 Å². The van der Waals surface area contributed by atoms with E-state index in [2.05, 4.69) is 22.4 Å². The summed E-state index contributed by atoms with van der Waals surface area (Å²) in [7, 11) is 0. The van der Waals surface area contributed by atoms with Gasteiger partial charge < -0.3 is 10.4 Å². The van der Waals surface area contributed by atoms with E-state index in [1.54, 1.807) is 24.4 Å². The van der Waals surface area contributed by atoms with Crippen LogP contribution in [-0.2, 0) is 11.2 Å². The number of hydrogen-bond acceptors (Lipinski definition) is 3. The highest BCUT2D eigenvalue weighted by Gasteiger charge is 2.03. The molecular formula is C22H20N2O2. The van der Waals surface area contributed by atoms with Gasteiger partial charge in [0.05, 0.1) is 5.69 Å². The minimum absolute atomic E-state index is 0.127. The van der Waals surface area contributed by atoms with Gasteiger partial charge >= 0.3 is 0 Å². The molecule has 1 amide bonds. The zero-order valence-electron chi connectivity index (χ0n) is 14.5. The summed E-state index contributed by atoms with van der Waals surface area (Å²) in [6, 6.07) is 23.0. The van der Waals surface area contributed by atoms with Crippen LogP contribution in [0.3, 0.4) is 0 Å². The number of amides is 1. The van der Waals surface area contributed by atoms with Gasteiger partial charge in [-0.15, -0.1) is 0 Å². The molecule has 0 saturated carbocycles. The summed E-state index contributed by atoms with van der Waals surface area (Å²) in [6.07, 6.45) is 2.43. The number of nitrogens with one attached hydrogen (secondary N) is 1. The molecule has 0 bridgehead atoms. The quantitative estimate of drug-likeness (QED) is 0.660. The lowest BCUT2D eigenvalue weighted by Crippen LogP contribution is -2.05. The number of carbonyl (C=O) groups excluding carboxylic acids is 1. The van der Waals surface area contributed by atoms with Crippen LogP contribution in [0.4, 0.5) is 11.4 Å². The van der Waals surface area contributed by atoms with E-state index >= 15 is 0 Å². The normalized spacial score (nSPS) is 10.8. The second kappa shape index (κ2) is 8.12. The van der Waals surface area contributed by atoms with E-state index < -0.39 is 0 Å². The van der Waals surface area contributed by atoms with Gasteiger partial charge in [0.2, 0.25) is 5.91 Å². The lowest BCUT2D eigenvalue weighted by molar-refractivity contribution is -0.114. The van der Waals surface area contributed by atoms with Crippen LogP contribution in [0.2, 0.25) is 0 Å². The first-order chi connectivity index (χ1) is 12.6. The highest BCUT2D eigenvalue weighted by atomic mass is 16.3. The van der Waals surface area contributed by atoms with Gasteiger partial charge in [0, 0.05) is 24.4 Å². The first kappa shape index (κ1) is 17.4. The molecule has 0 aliphatic carbocycles. The first-order valence-corrected chi connectivity index (χ1v) is 8.38. The molecular weight excluding hydrogens is 324 g/mol. The number of aromatic hydroxyl groups is 1. The third-order valence-corrected chi connectivity index (χ3v) is 3.86. The molecule has 0 aliphatic heterocycles. The van der Waals surface area contributed by atoms with E-state index in [0.717, 1.165) is 12.0 Å². The van der Waals surface area contributed by atoms with E-state index in [0.29, 0.717) is 16.9 Å². The summed E-state index contributed by atoms with van der Waals surface area (Å²) < 4.78 is 0. The molecule has 130 valence electrons. The first-order valence-electron chi connectivity index (χ1n) is 8.38. The Balaban J connectivity index is 1.79. The molecule has 4 nitrogen and oxygen atoms in total. The molecule has 0 atom stereocenters. The monoisotopic (exact) mass is 344 g/mol. The summed E-state index contributed by atoms with van der Waals surface area (Å²) in [6.45, 7) is 1.46. The van der Waals surface area contributed by atoms with E-state index in [-0.39, 0.29) is 11.7 Å². The van der Waals surface area contributed by atoms with Crippen LogP contribution in [0, 0.1) is 0 Å². The van der Waals surface area contributed by atoms with Crippen LogP contribution >= 0.6 is 0 Å². The topological polar surface area (TPSA) is 61.7 Å². The van der Waals surface area contributed by atoms with Gasteiger partial charge in [0.15, 0.2) is 0 Å². The number of hydrogen-bond donors (Lipinski definition) is 2. The van der Waals surface area contributed by atoms with Crippen molar-refractivity contribution in [2.75, 3.05) is 5.32 Å². The summed E-state index contributed by atoms with van der Waals surface area (Å²) >= 11 is 0. The van der Waals surface area contributed by atoms with Crippen molar-refractivity contribution in [2.24, 2.45) is 4.99 Å². The molecule has 0 aromatic heterocycles. The molecule has 3 aromatic rings. The second-order valence-corrected chi connectivity index (χ2v) is 6.05. The fourth-order valence-corrected chi connectivity index (χ4v) is 2.66. The van der Waals surface area contributed by atoms with Gasteiger partial charge in [-0.05, 0) is 47.9 Å². The number of rotatable bonds is 5. The van der Waals surface area contributed by atoms with Crippen LogP contribution in [0.5, 0.6) is 5.75 Å². The zero-order chi connectivity index (χ0) is 18.4. The third-order valence-electron chi connectivity index (χ3n) is 3.86. The van der Waals surface area contributed by atoms with E-state index in [1.807, 2.05) is 42.5 Å². The van der Waals surface area contributed by atoms with Crippen molar-refractivity contribution in [1.82, 2.24) is 0 Å².